The van der Waals surface area contributed by atoms with Crippen LogP contribution in [0.25, 0.3) is 0 Å². The van der Waals surface area contributed by atoms with E-state index in [4.69, 9.17) is 5.73 Å². The number of carbonyl (C=O) groups is 2. The lowest BCUT2D eigenvalue weighted by Crippen LogP contribution is -2.58. The molecule has 0 unspecified atom stereocenters. The fraction of sp³-hybridized carbons (Fsp3) is 0.714. The molecule has 8 atom stereocenters. The van der Waals surface area contributed by atoms with Crippen LogP contribution < -0.4 is 5.73 Å². The minimum Gasteiger partial charge on any atom is -0.393 e. The van der Waals surface area contributed by atoms with Crippen molar-refractivity contribution in [3.8, 4) is 0 Å². The van der Waals surface area contributed by atoms with E-state index in [0.717, 1.165) is 18.4 Å². The Labute approximate surface area is 154 Å². The van der Waals surface area contributed by atoms with Gasteiger partial charge in [-0.1, -0.05) is 25.5 Å². The summed E-state index contributed by atoms with van der Waals surface area (Å²) in [5.74, 6) is 0.231. The van der Waals surface area contributed by atoms with Gasteiger partial charge in [-0.2, -0.15) is 0 Å². The monoisotopic (exact) mass is 359 g/mol. The van der Waals surface area contributed by atoms with Gasteiger partial charge >= 0.3 is 0 Å². The van der Waals surface area contributed by atoms with Crippen molar-refractivity contribution in [2.24, 2.45) is 40.7 Å². The van der Waals surface area contributed by atoms with E-state index >= 15 is 0 Å². The lowest BCUT2D eigenvalue weighted by atomic mass is 9.48. The van der Waals surface area contributed by atoms with Gasteiger partial charge in [-0.05, 0) is 55.6 Å². The number of Topliss-reactive ketones (excluding diaryl/α,β-unsaturated/α-hetero) is 1. The number of carbonyl (C=O) groups excluding carboxylic acids is 2. The number of aliphatic hydroxyl groups excluding tert-OH is 1. The highest BCUT2D eigenvalue weighted by Crippen LogP contribution is 2.63. The molecule has 5 heteroatoms. The fourth-order valence-electron chi connectivity index (χ4n) is 6.88. The van der Waals surface area contributed by atoms with Gasteiger partial charge in [0.1, 0.15) is 5.60 Å². The number of nitrogens with two attached hydrogens (primary N) is 1. The summed E-state index contributed by atoms with van der Waals surface area (Å²) in [6.07, 6.45) is 7.30. The Morgan fingerprint density at radius 3 is 2.77 bits per heavy atom. The Bertz CT molecular complexity index is 713. The van der Waals surface area contributed by atoms with Crippen molar-refractivity contribution in [3.05, 3.63) is 23.8 Å². The van der Waals surface area contributed by atoms with Gasteiger partial charge in [0.15, 0.2) is 11.6 Å². The normalized spacial score (nSPS) is 49.9. The zero-order chi connectivity index (χ0) is 18.9. The first-order valence-electron chi connectivity index (χ1n) is 9.81. The molecule has 0 aliphatic heterocycles. The molecule has 4 rings (SSSR count). The van der Waals surface area contributed by atoms with Gasteiger partial charge in [-0.15, -0.1) is 0 Å². The van der Waals surface area contributed by atoms with E-state index in [-0.39, 0.29) is 53.1 Å². The van der Waals surface area contributed by atoms with Crippen molar-refractivity contribution >= 4 is 11.6 Å². The lowest BCUT2D eigenvalue weighted by molar-refractivity contribution is -0.152. The molecule has 26 heavy (non-hydrogen) atoms. The topological polar surface area (TPSA) is 101 Å². The largest absolute Gasteiger partial charge is 0.393 e. The van der Waals surface area contributed by atoms with Gasteiger partial charge < -0.3 is 15.9 Å². The third kappa shape index (κ3) is 2.26. The maximum Gasteiger partial charge on any atom is 0.178 e. The molecule has 142 valence electrons. The van der Waals surface area contributed by atoms with Gasteiger partial charge in [0, 0.05) is 17.3 Å². The molecule has 0 bridgehead atoms. The van der Waals surface area contributed by atoms with Crippen molar-refractivity contribution < 1.29 is 19.8 Å². The molecular formula is C21H29NO4. The third-order valence-corrected chi connectivity index (χ3v) is 7.94. The molecule has 3 saturated carbocycles. The summed E-state index contributed by atoms with van der Waals surface area (Å²) in [6, 6.07) is 0. The van der Waals surface area contributed by atoms with E-state index < -0.39 is 11.7 Å². The number of fused-ring (bicyclic) bond motifs is 5. The first-order chi connectivity index (χ1) is 12.2. The Morgan fingerprint density at radius 1 is 1.35 bits per heavy atom. The molecule has 4 aliphatic rings. The van der Waals surface area contributed by atoms with E-state index in [1.54, 1.807) is 12.2 Å². The van der Waals surface area contributed by atoms with Crippen LogP contribution in [0.2, 0.25) is 0 Å². The Morgan fingerprint density at radius 2 is 2.08 bits per heavy atom. The second-order valence-electron chi connectivity index (χ2n) is 9.11. The summed E-state index contributed by atoms with van der Waals surface area (Å²) in [5.41, 5.74) is 4.95. The van der Waals surface area contributed by atoms with E-state index in [0.29, 0.717) is 12.8 Å². The molecule has 0 heterocycles. The molecule has 0 aromatic rings. The molecule has 0 aromatic carbocycles. The van der Waals surface area contributed by atoms with Gasteiger partial charge in [-0.25, -0.2) is 0 Å². The first-order valence-corrected chi connectivity index (χ1v) is 9.81. The second-order valence-corrected chi connectivity index (χ2v) is 9.11. The van der Waals surface area contributed by atoms with E-state index in [1.165, 1.54) is 0 Å². The van der Waals surface area contributed by atoms with Crippen molar-refractivity contribution in [2.75, 3.05) is 6.54 Å². The molecule has 0 aromatic heterocycles. The first kappa shape index (κ1) is 18.1. The smallest absolute Gasteiger partial charge is 0.178 e. The molecule has 4 aliphatic carbocycles. The zero-order valence-corrected chi connectivity index (χ0v) is 15.5. The van der Waals surface area contributed by atoms with Gasteiger partial charge in [0.05, 0.1) is 12.6 Å². The summed E-state index contributed by atoms with van der Waals surface area (Å²) in [7, 11) is 0. The molecule has 0 amide bonds. The number of rotatable bonds is 2. The van der Waals surface area contributed by atoms with Gasteiger partial charge in [0.25, 0.3) is 0 Å². The average Bonchev–Trinajstić information content (AvgIpc) is 2.94. The van der Waals surface area contributed by atoms with Gasteiger partial charge in [0.2, 0.25) is 0 Å². The molecule has 4 N–H and O–H groups in total. The molecule has 5 nitrogen and oxygen atoms in total. The Hall–Kier alpha value is -1.30. The van der Waals surface area contributed by atoms with E-state index in [2.05, 4.69) is 13.8 Å². The number of hydrogen-bond acceptors (Lipinski definition) is 5. The maximum atomic E-state index is 12.3. The van der Waals surface area contributed by atoms with E-state index in [1.807, 2.05) is 6.08 Å². The highest BCUT2D eigenvalue weighted by molar-refractivity contribution is 6.01. The van der Waals surface area contributed by atoms with Crippen molar-refractivity contribution in [1.82, 2.24) is 0 Å². The highest BCUT2D eigenvalue weighted by atomic mass is 16.3. The van der Waals surface area contributed by atoms with Crippen molar-refractivity contribution in [3.63, 3.8) is 0 Å². The fourth-order valence-corrected chi connectivity index (χ4v) is 6.88. The van der Waals surface area contributed by atoms with Crippen LogP contribution in [0.1, 0.15) is 39.5 Å². The summed E-state index contributed by atoms with van der Waals surface area (Å²) < 4.78 is 0. The number of ketones is 2. The van der Waals surface area contributed by atoms with Crippen LogP contribution in [0.5, 0.6) is 0 Å². The summed E-state index contributed by atoms with van der Waals surface area (Å²) >= 11 is 0. The van der Waals surface area contributed by atoms with Crippen LogP contribution in [0.3, 0.4) is 0 Å². The SMILES string of the molecule is C[C@H]1C[C@H]2[C@@H]3CC[C@](O)(C(=O)CN)[C@H]3C[C@H](O)[C@@H]2[C@@]2(C)C=CC(=O)C=C12. The average molecular weight is 359 g/mol. The predicted molar refractivity (Wildman–Crippen MR) is 96.9 cm³/mol. The summed E-state index contributed by atoms with van der Waals surface area (Å²) in [4.78, 5) is 24.2. The molecular weight excluding hydrogens is 330 g/mol. The van der Waals surface area contributed by atoms with Crippen molar-refractivity contribution in [1.29, 1.82) is 0 Å². The van der Waals surface area contributed by atoms with Crippen LogP contribution in [-0.2, 0) is 9.59 Å². The number of hydrogen-bond donors (Lipinski definition) is 3. The Kier molecular flexibility index (Phi) is 4.07. The molecule has 0 saturated heterocycles. The maximum absolute atomic E-state index is 12.3. The number of aliphatic hydroxyl groups is 2. The summed E-state index contributed by atoms with van der Waals surface area (Å²) in [5, 5.41) is 22.1. The lowest BCUT2D eigenvalue weighted by Gasteiger charge is -2.57. The second kappa shape index (κ2) is 5.85. The number of allylic oxidation sites excluding steroid dienone is 4. The van der Waals surface area contributed by atoms with Gasteiger partial charge in [-0.3, -0.25) is 9.59 Å². The minimum atomic E-state index is -1.38. The van der Waals surface area contributed by atoms with Crippen LogP contribution in [0.15, 0.2) is 23.8 Å². The summed E-state index contributed by atoms with van der Waals surface area (Å²) in [6.45, 7) is 4.12. The minimum absolute atomic E-state index is 0.0193. The third-order valence-electron chi connectivity index (χ3n) is 7.94. The standard InChI is InChI=1S/C21H29NO4/c1-11-7-14-13-4-6-21(26,18(25)10-22)16(13)9-17(24)19(14)20(2)5-3-12(23)8-15(11)20/h3,5,8,11,13-14,16-17,19,24,26H,4,6-7,9-10,22H2,1-2H3/t11-,13-,14-,16-,17-,19+,20-,21+/m0/s1. The van der Waals surface area contributed by atoms with Crippen LogP contribution in [0.4, 0.5) is 0 Å². The van der Waals surface area contributed by atoms with Crippen LogP contribution >= 0.6 is 0 Å². The molecule has 0 spiro atoms. The molecule has 3 fully saturated rings. The van der Waals surface area contributed by atoms with E-state index in [9.17, 15) is 19.8 Å². The predicted octanol–water partition coefficient (Wildman–Crippen LogP) is 1.38. The highest BCUT2D eigenvalue weighted by Gasteiger charge is 2.62. The van der Waals surface area contributed by atoms with Crippen LogP contribution in [0, 0.1) is 35.0 Å². The zero-order valence-electron chi connectivity index (χ0n) is 15.5. The van der Waals surface area contributed by atoms with Crippen molar-refractivity contribution in [2.45, 2.75) is 51.2 Å². The molecule has 0 radical (unpaired) electrons. The van der Waals surface area contributed by atoms with Crippen LogP contribution in [-0.4, -0.2) is 40.0 Å². The Balaban J connectivity index is 1.73. The quantitative estimate of drug-likeness (QED) is 0.691.